The van der Waals surface area contributed by atoms with E-state index in [-0.39, 0.29) is 11.8 Å². The number of rotatable bonds is 6. The number of phenolic OH excluding ortho intramolecular Hbond substituents is 1. The molecule has 0 radical (unpaired) electrons. The predicted octanol–water partition coefficient (Wildman–Crippen LogP) is 11.3. The molecular formula is C35H42F8O3. The van der Waals surface area contributed by atoms with Crippen molar-refractivity contribution in [3.63, 3.8) is 0 Å². The van der Waals surface area contributed by atoms with Crippen molar-refractivity contribution in [3.8, 4) is 22.6 Å². The van der Waals surface area contributed by atoms with Crippen LogP contribution in [0.2, 0.25) is 0 Å². The third-order valence-electron chi connectivity index (χ3n) is 6.73. The van der Waals surface area contributed by atoms with Gasteiger partial charge in [0, 0.05) is 12.5 Å². The first kappa shape index (κ1) is 40.4. The number of phenols is 1. The van der Waals surface area contributed by atoms with E-state index in [1.807, 2.05) is 13.8 Å². The van der Waals surface area contributed by atoms with Crippen molar-refractivity contribution in [1.29, 1.82) is 0 Å². The lowest BCUT2D eigenvalue weighted by Gasteiger charge is -2.36. The molecule has 1 atom stereocenters. The molecule has 3 aromatic rings. The molecule has 0 heterocycles. The molecule has 256 valence electrons. The summed E-state index contributed by atoms with van der Waals surface area (Å²) in [7, 11) is 0. The standard InChI is InChI=1S/C17H10F8O2.C16H26O.C2H6/c1-3-4-6-9(18)11(20)7(12(21)10(6)19)8-13(22)15(24)17(27-5(2)26)16(25)14(8)23;1-15(2,3)11-14(16(4,5)6)12-7-9-13(17)10-8-12;1-2/h3-4H2,1-2H3;7-10,14,17H,11H2,1-6H3;1-2H3. The molecule has 0 aliphatic carbocycles. The SMILES string of the molecule is CC.CC(C)(C)CC(c1ccc(O)cc1)C(C)(C)C.CCCc1c(F)c(F)c(-c2c(F)c(F)c(OC(C)=O)c(F)c2F)c(F)c1F. The zero-order chi connectivity index (χ0) is 35.9. The third-order valence-corrected chi connectivity index (χ3v) is 6.73. The fourth-order valence-electron chi connectivity index (χ4n) is 4.67. The number of esters is 1. The van der Waals surface area contributed by atoms with Gasteiger partial charge >= 0.3 is 5.97 Å². The summed E-state index contributed by atoms with van der Waals surface area (Å²) in [6.45, 7) is 19.8. The summed E-state index contributed by atoms with van der Waals surface area (Å²) in [4.78, 5) is 10.8. The van der Waals surface area contributed by atoms with Gasteiger partial charge < -0.3 is 9.84 Å². The molecule has 1 N–H and O–H groups in total. The summed E-state index contributed by atoms with van der Waals surface area (Å²) in [5.41, 5.74) is -3.12. The molecule has 3 aromatic carbocycles. The summed E-state index contributed by atoms with van der Waals surface area (Å²) in [6, 6.07) is 7.68. The molecule has 0 aromatic heterocycles. The molecular weight excluding hydrogens is 620 g/mol. The van der Waals surface area contributed by atoms with Gasteiger partial charge in [-0.15, -0.1) is 0 Å². The second kappa shape index (κ2) is 16.3. The van der Waals surface area contributed by atoms with E-state index in [2.05, 4.69) is 58.4 Å². The number of aromatic hydroxyl groups is 1. The lowest BCUT2D eigenvalue weighted by Crippen LogP contribution is -2.23. The highest BCUT2D eigenvalue weighted by molar-refractivity contribution is 5.72. The number of ether oxygens (including phenoxy) is 1. The van der Waals surface area contributed by atoms with Gasteiger partial charge in [-0.1, -0.05) is 80.9 Å². The normalized spacial score (nSPS) is 12.0. The molecule has 3 rings (SSSR count). The second-order valence-electron chi connectivity index (χ2n) is 12.7. The minimum absolute atomic E-state index is 0.0785. The van der Waals surface area contributed by atoms with Crippen LogP contribution in [-0.2, 0) is 11.2 Å². The van der Waals surface area contributed by atoms with Gasteiger partial charge in [0.15, 0.2) is 34.9 Å². The minimum atomic E-state index is -2.40. The van der Waals surface area contributed by atoms with Gasteiger partial charge in [0.2, 0.25) is 17.4 Å². The van der Waals surface area contributed by atoms with Crippen LogP contribution in [-0.4, -0.2) is 11.1 Å². The van der Waals surface area contributed by atoms with Gasteiger partial charge in [-0.3, -0.25) is 4.79 Å². The smallest absolute Gasteiger partial charge is 0.308 e. The number of benzene rings is 3. The van der Waals surface area contributed by atoms with Crippen molar-refractivity contribution in [2.75, 3.05) is 0 Å². The van der Waals surface area contributed by atoms with Crippen LogP contribution in [0.25, 0.3) is 11.1 Å². The predicted molar refractivity (Wildman–Crippen MR) is 163 cm³/mol. The van der Waals surface area contributed by atoms with Crippen LogP contribution in [0.4, 0.5) is 35.1 Å². The van der Waals surface area contributed by atoms with E-state index in [1.54, 1.807) is 12.1 Å². The molecule has 0 fully saturated rings. The number of carbonyl (C=O) groups excluding carboxylic acids is 1. The molecule has 0 spiro atoms. The summed E-state index contributed by atoms with van der Waals surface area (Å²) < 4.78 is 117. The average molecular weight is 663 g/mol. The quantitative estimate of drug-likeness (QED) is 0.124. The van der Waals surface area contributed by atoms with Crippen molar-refractivity contribution in [3.05, 3.63) is 81.9 Å². The topological polar surface area (TPSA) is 46.5 Å². The first-order valence-corrected chi connectivity index (χ1v) is 14.8. The Morgan fingerprint density at radius 2 is 1.11 bits per heavy atom. The Hall–Kier alpha value is -3.63. The van der Waals surface area contributed by atoms with E-state index in [9.17, 15) is 45.0 Å². The zero-order valence-corrected chi connectivity index (χ0v) is 27.8. The lowest BCUT2D eigenvalue weighted by molar-refractivity contribution is -0.132. The lowest BCUT2D eigenvalue weighted by atomic mass is 9.69. The first-order valence-electron chi connectivity index (χ1n) is 14.8. The van der Waals surface area contributed by atoms with E-state index in [4.69, 9.17) is 0 Å². The van der Waals surface area contributed by atoms with Crippen LogP contribution in [0.1, 0.15) is 99.1 Å². The van der Waals surface area contributed by atoms with Gasteiger partial charge in [-0.2, -0.15) is 8.78 Å². The Balaban J connectivity index is 0.000000479. The molecule has 0 amide bonds. The van der Waals surface area contributed by atoms with E-state index in [0.717, 1.165) is 6.42 Å². The molecule has 11 heteroatoms. The third kappa shape index (κ3) is 9.69. The highest BCUT2D eigenvalue weighted by Gasteiger charge is 2.35. The number of hydrogen-bond acceptors (Lipinski definition) is 3. The maximum atomic E-state index is 14.2. The van der Waals surface area contributed by atoms with Crippen LogP contribution in [0, 0.1) is 57.4 Å². The molecule has 0 aliphatic heterocycles. The van der Waals surface area contributed by atoms with E-state index < -0.39 is 81.4 Å². The molecule has 1 unspecified atom stereocenters. The maximum Gasteiger partial charge on any atom is 0.308 e. The van der Waals surface area contributed by atoms with Gasteiger partial charge in [0.05, 0.1) is 11.1 Å². The van der Waals surface area contributed by atoms with Gasteiger partial charge in [-0.05, 0) is 47.3 Å². The minimum Gasteiger partial charge on any atom is -0.508 e. The first-order chi connectivity index (χ1) is 21.1. The van der Waals surface area contributed by atoms with Gasteiger partial charge in [0.1, 0.15) is 5.75 Å². The van der Waals surface area contributed by atoms with Crippen molar-refractivity contribution in [2.24, 2.45) is 10.8 Å². The van der Waals surface area contributed by atoms with E-state index >= 15 is 0 Å². The van der Waals surface area contributed by atoms with E-state index in [0.29, 0.717) is 24.0 Å². The molecule has 46 heavy (non-hydrogen) atoms. The number of hydrogen-bond donors (Lipinski definition) is 1. The molecule has 3 nitrogen and oxygen atoms in total. The van der Waals surface area contributed by atoms with Crippen LogP contribution in [0.5, 0.6) is 11.5 Å². The van der Waals surface area contributed by atoms with Crippen LogP contribution in [0.3, 0.4) is 0 Å². The van der Waals surface area contributed by atoms with Crippen LogP contribution < -0.4 is 4.74 Å². The molecule has 0 saturated carbocycles. The summed E-state index contributed by atoms with van der Waals surface area (Å²) in [6.07, 6.45) is 0.793. The zero-order valence-electron chi connectivity index (χ0n) is 27.8. The van der Waals surface area contributed by atoms with Crippen LogP contribution >= 0.6 is 0 Å². The fraction of sp³-hybridized carbons (Fsp3) is 0.457. The highest BCUT2D eigenvalue weighted by atomic mass is 19.2. The van der Waals surface area contributed by atoms with Crippen molar-refractivity contribution < 1.29 is 49.8 Å². The Labute approximate surface area is 265 Å². The molecule has 0 bridgehead atoms. The Morgan fingerprint density at radius 1 is 0.717 bits per heavy atom. The van der Waals surface area contributed by atoms with Crippen LogP contribution in [0.15, 0.2) is 24.3 Å². The van der Waals surface area contributed by atoms with E-state index in [1.165, 1.54) is 12.5 Å². The van der Waals surface area contributed by atoms with Gasteiger partial charge in [0.25, 0.3) is 0 Å². The Morgan fingerprint density at radius 3 is 1.43 bits per heavy atom. The van der Waals surface area contributed by atoms with Gasteiger partial charge in [-0.25, -0.2) is 26.3 Å². The van der Waals surface area contributed by atoms with Crippen molar-refractivity contribution in [1.82, 2.24) is 0 Å². The second-order valence-corrected chi connectivity index (χ2v) is 12.7. The Kier molecular flexibility index (Phi) is 14.3. The molecule has 0 saturated heterocycles. The highest BCUT2D eigenvalue weighted by Crippen LogP contribution is 2.43. The fourth-order valence-corrected chi connectivity index (χ4v) is 4.67. The number of carbonyl (C=O) groups is 1. The molecule has 0 aliphatic rings. The summed E-state index contributed by atoms with van der Waals surface area (Å²) >= 11 is 0. The van der Waals surface area contributed by atoms with Crippen molar-refractivity contribution >= 4 is 5.97 Å². The summed E-state index contributed by atoms with van der Waals surface area (Å²) in [5.74, 6) is -20.1. The number of halogens is 8. The summed E-state index contributed by atoms with van der Waals surface area (Å²) in [5, 5.41) is 9.37. The van der Waals surface area contributed by atoms with Crippen molar-refractivity contribution in [2.45, 2.75) is 94.4 Å². The largest absolute Gasteiger partial charge is 0.508 e. The monoisotopic (exact) mass is 662 g/mol. The maximum absolute atomic E-state index is 14.2. The average Bonchev–Trinajstić information content (AvgIpc) is 2.97. The Bertz CT molecular complexity index is 1450.